The first-order valence-corrected chi connectivity index (χ1v) is 11.3. The second-order valence-electron chi connectivity index (χ2n) is 7.10. The van der Waals surface area contributed by atoms with Crippen molar-refractivity contribution in [1.82, 2.24) is 10.2 Å². The van der Waals surface area contributed by atoms with E-state index in [1.165, 1.54) is 17.7 Å². The van der Waals surface area contributed by atoms with E-state index >= 15 is 0 Å². The quantitative estimate of drug-likeness (QED) is 0.686. The van der Waals surface area contributed by atoms with E-state index in [-0.39, 0.29) is 16.8 Å². The van der Waals surface area contributed by atoms with Crippen LogP contribution < -0.4 is 15.2 Å². The first-order valence-electron chi connectivity index (χ1n) is 9.72. The van der Waals surface area contributed by atoms with Crippen LogP contribution >= 0.6 is 0 Å². The van der Waals surface area contributed by atoms with Crippen LogP contribution in [-0.4, -0.2) is 38.9 Å². The Bertz CT molecular complexity index is 927. The Morgan fingerprint density at radius 3 is 2.48 bits per heavy atom. The van der Waals surface area contributed by atoms with Crippen molar-refractivity contribution < 1.29 is 17.9 Å². The molecule has 8 heteroatoms. The van der Waals surface area contributed by atoms with Crippen molar-refractivity contribution in [2.24, 2.45) is 5.14 Å². The van der Waals surface area contributed by atoms with Gasteiger partial charge in [-0.05, 0) is 61.7 Å². The van der Waals surface area contributed by atoms with E-state index in [9.17, 15) is 13.2 Å². The predicted molar refractivity (Wildman–Crippen MR) is 111 cm³/mol. The molecular weight excluding hydrogens is 390 g/mol. The van der Waals surface area contributed by atoms with Crippen molar-refractivity contribution in [1.29, 1.82) is 0 Å². The number of benzene rings is 2. The molecule has 1 heterocycles. The molecule has 2 aromatic carbocycles. The minimum Gasteiger partial charge on any atom is -0.494 e. The van der Waals surface area contributed by atoms with Crippen molar-refractivity contribution in [2.45, 2.75) is 37.2 Å². The Kier molecular flexibility index (Phi) is 6.89. The Morgan fingerprint density at radius 1 is 1.17 bits per heavy atom. The van der Waals surface area contributed by atoms with Crippen molar-refractivity contribution in [2.75, 3.05) is 19.7 Å². The average Bonchev–Trinajstić information content (AvgIpc) is 3.15. The van der Waals surface area contributed by atoms with Crippen LogP contribution in [0.3, 0.4) is 0 Å². The van der Waals surface area contributed by atoms with Gasteiger partial charge in [-0.3, -0.25) is 9.69 Å². The molecule has 0 aromatic heterocycles. The van der Waals surface area contributed by atoms with Gasteiger partial charge < -0.3 is 10.1 Å². The lowest BCUT2D eigenvalue weighted by molar-refractivity contribution is -0.122. The van der Waals surface area contributed by atoms with Crippen molar-refractivity contribution in [3.63, 3.8) is 0 Å². The number of carbonyl (C=O) groups is 1. The molecule has 1 saturated heterocycles. The lowest BCUT2D eigenvalue weighted by atomic mass is 10.0. The van der Waals surface area contributed by atoms with Gasteiger partial charge in [-0.15, -0.1) is 0 Å². The molecule has 1 fully saturated rings. The van der Waals surface area contributed by atoms with Crippen molar-refractivity contribution in [3.05, 3.63) is 59.7 Å². The predicted octanol–water partition coefficient (Wildman–Crippen LogP) is 2.19. The highest BCUT2D eigenvalue weighted by atomic mass is 32.2. The van der Waals surface area contributed by atoms with E-state index in [4.69, 9.17) is 9.88 Å². The van der Waals surface area contributed by atoms with Crippen molar-refractivity contribution >= 4 is 15.9 Å². The molecule has 29 heavy (non-hydrogen) atoms. The summed E-state index contributed by atoms with van der Waals surface area (Å²) < 4.78 is 28.1. The summed E-state index contributed by atoms with van der Waals surface area (Å²) in [6, 6.07) is 14.5. The number of nitrogens with two attached hydrogens (primary N) is 1. The molecule has 3 rings (SSSR count). The summed E-state index contributed by atoms with van der Waals surface area (Å²) in [5.41, 5.74) is 2.01. The molecule has 0 bridgehead atoms. The van der Waals surface area contributed by atoms with Gasteiger partial charge in [0.2, 0.25) is 15.9 Å². The van der Waals surface area contributed by atoms with Crippen LogP contribution in [-0.2, 0) is 21.4 Å². The first kappa shape index (κ1) is 21.3. The van der Waals surface area contributed by atoms with E-state index < -0.39 is 10.0 Å². The number of nitrogens with zero attached hydrogens (tertiary/aromatic N) is 1. The third-order valence-electron chi connectivity index (χ3n) is 5.03. The van der Waals surface area contributed by atoms with Crippen LogP contribution in [0.2, 0.25) is 0 Å². The van der Waals surface area contributed by atoms with E-state index in [0.717, 1.165) is 30.7 Å². The molecule has 2 aromatic rings. The zero-order valence-electron chi connectivity index (χ0n) is 16.5. The number of ether oxygens (including phenoxy) is 1. The number of nitrogens with one attached hydrogen (secondary N) is 1. The van der Waals surface area contributed by atoms with E-state index in [1.807, 2.05) is 19.1 Å². The van der Waals surface area contributed by atoms with Crippen LogP contribution in [0.1, 0.15) is 36.9 Å². The molecule has 0 radical (unpaired) electrons. The number of carbonyl (C=O) groups excluding carboxylic acids is 1. The molecule has 1 unspecified atom stereocenters. The molecular formula is C21H27N3O4S. The van der Waals surface area contributed by atoms with Crippen LogP contribution in [0.5, 0.6) is 5.75 Å². The summed E-state index contributed by atoms with van der Waals surface area (Å²) in [7, 11) is -3.71. The molecule has 0 spiro atoms. The Morgan fingerprint density at radius 2 is 1.86 bits per heavy atom. The second-order valence-corrected chi connectivity index (χ2v) is 8.66. The van der Waals surface area contributed by atoms with Gasteiger partial charge in [0.25, 0.3) is 0 Å². The molecule has 0 saturated carbocycles. The number of primary sulfonamides is 1. The van der Waals surface area contributed by atoms with Gasteiger partial charge in [0.05, 0.1) is 18.0 Å². The monoisotopic (exact) mass is 417 g/mol. The largest absolute Gasteiger partial charge is 0.494 e. The first-order chi connectivity index (χ1) is 13.9. The van der Waals surface area contributed by atoms with Crippen LogP contribution in [0.25, 0.3) is 0 Å². The molecule has 156 valence electrons. The lowest BCUT2D eigenvalue weighted by Crippen LogP contribution is -2.36. The van der Waals surface area contributed by atoms with Gasteiger partial charge >= 0.3 is 0 Å². The Balaban J connectivity index is 1.54. The maximum atomic E-state index is 12.4. The van der Waals surface area contributed by atoms with Gasteiger partial charge in [0.15, 0.2) is 0 Å². The van der Waals surface area contributed by atoms with Crippen LogP contribution in [0.4, 0.5) is 0 Å². The third-order valence-corrected chi connectivity index (χ3v) is 5.96. The van der Waals surface area contributed by atoms with Crippen LogP contribution in [0, 0.1) is 0 Å². The number of amides is 1. The molecule has 1 atom stereocenters. The minimum absolute atomic E-state index is 0.0571. The zero-order chi connectivity index (χ0) is 20.9. The van der Waals surface area contributed by atoms with E-state index in [1.54, 1.807) is 12.1 Å². The normalized spacial score (nSPS) is 17.2. The molecule has 7 nitrogen and oxygen atoms in total. The maximum absolute atomic E-state index is 12.4. The van der Waals surface area contributed by atoms with E-state index in [2.05, 4.69) is 22.3 Å². The van der Waals surface area contributed by atoms with Gasteiger partial charge in [0, 0.05) is 12.6 Å². The molecule has 1 amide bonds. The summed E-state index contributed by atoms with van der Waals surface area (Å²) >= 11 is 0. The summed E-state index contributed by atoms with van der Waals surface area (Å²) in [4.78, 5) is 14.7. The fourth-order valence-corrected chi connectivity index (χ4v) is 4.10. The fourth-order valence-electron chi connectivity index (χ4n) is 3.58. The van der Waals surface area contributed by atoms with Gasteiger partial charge in [-0.1, -0.05) is 24.3 Å². The van der Waals surface area contributed by atoms with Crippen LogP contribution in [0.15, 0.2) is 53.4 Å². The summed E-state index contributed by atoms with van der Waals surface area (Å²) in [6.07, 6.45) is 2.08. The molecule has 3 N–H and O–H groups in total. The Hall–Kier alpha value is -2.42. The molecule has 1 aliphatic rings. The number of rotatable bonds is 8. The average molecular weight is 418 g/mol. The summed E-state index contributed by atoms with van der Waals surface area (Å²) in [5, 5.41) is 8.00. The smallest absolute Gasteiger partial charge is 0.238 e. The third kappa shape index (κ3) is 5.79. The number of sulfonamides is 1. The number of hydrogen-bond donors (Lipinski definition) is 2. The Labute approximate surface area is 171 Å². The molecule has 0 aliphatic carbocycles. The SMILES string of the molecule is CCOc1ccc(C2CCCN2CC(=O)NCc2ccc(S(N)(=O)=O)cc2)cc1. The lowest BCUT2D eigenvalue weighted by Gasteiger charge is -2.24. The maximum Gasteiger partial charge on any atom is 0.238 e. The van der Waals surface area contributed by atoms with Gasteiger partial charge in [-0.2, -0.15) is 0 Å². The highest BCUT2D eigenvalue weighted by molar-refractivity contribution is 7.89. The van der Waals surface area contributed by atoms with Gasteiger partial charge in [-0.25, -0.2) is 13.6 Å². The fraction of sp³-hybridized carbons (Fsp3) is 0.381. The highest BCUT2D eigenvalue weighted by Gasteiger charge is 2.27. The standard InChI is InChI=1S/C21H27N3O4S/c1-2-28-18-9-7-17(8-10-18)20-4-3-13-24(20)15-21(25)23-14-16-5-11-19(12-6-16)29(22,26)27/h5-12,20H,2-4,13-15H2,1H3,(H,23,25)(H2,22,26,27). The second kappa shape index (κ2) is 9.39. The summed E-state index contributed by atoms with van der Waals surface area (Å²) in [5.74, 6) is 0.797. The van der Waals surface area contributed by atoms with Gasteiger partial charge in [0.1, 0.15) is 5.75 Å². The number of likely N-dealkylation sites (tertiary alicyclic amines) is 1. The van der Waals surface area contributed by atoms with Crippen molar-refractivity contribution in [3.8, 4) is 5.75 Å². The molecule has 1 aliphatic heterocycles. The van der Waals surface area contributed by atoms with E-state index in [0.29, 0.717) is 19.7 Å². The topological polar surface area (TPSA) is 102 Å². The minimum atomic E-state index is -3.71. The summed E-state index contributed by atoms with van der Waals surface area (Å²) in [6.45, 7) is 4.15. The number of hydrogen-bond acceptors (Lipinski definition) is 5. The zero-order valence-corrected chi connectivity index (χ0v) is 17.3. The highest BCUT2D eigenvalue weighted by Crippen LogP contribution is 2.32.